The summed E-state index contributed by atoms with van der Waals surface area (Å²) < 4.78 is 85.7. The molecule has 354 valence electrons. The molecule has 0 saturated carbocycles. The maximum atomic E-state index is 12.7. The van der Waals surface area contributed by atoms with Crippen molar-refractivity contribution in [3.63, 3.8) is 0 Å². The monoisotopic (exact) mass is 888 g/mol. The quantitative estimate of drug-likeness (QED) is 0.0688. The second-order valence-corrected chi connectivity index (χ2v) is 12.5. The van der Waals surface area contributed by atoms with E-state index in [0.29, 0.717) is 170 Å². The molecule has 0 aliphatic rings. The van der Waals surface area contributed by atoms with E-state index in [-0.39, 0.29) is 37.6 Å². The third-order valence-electron chi connectivity index (χ3n) is 7.76. The molecule has 0 saturated heterocycles. The van der Waals surface area contributed by atoms with Gasteiger partial charge in [-0.1, -0.05) is 0 Å². The third-order valence-corrected chi connectivity index (χ3v) is 7.76. The van der Waals surface area contributed by atoms with Crippen LogP contribution in [-0.4, -0.2) is 221 Å². The van der Waals surface area contributed by atoms with Crippen LogP contribution in [0.3, 0.4) is 0 Å². The van der Waals surface area contributed by atoms with Gasteiger partial charge in [-0.2, -0.15) is 0 Å². The van der Waals surface area contributed by atoms with Crippen molar-refractivity contribution < 1.29 is 85.4 Å². The number of rotatable bonds is 45. The van der Waals surface area contributed by atoms with Crippen LogP contribution in [-0.2, 0) is 75.8 Å². The summed E-state index contributed by atoms with van der Waals surface area (Å²) in [5, 5.41) is 0. The second-order valence-electron chi connectivity index (χ2n) is 12.5. The lowest BCUT2D eigenvalue weighted by Crippen LogP contribution is -2.15. The fraction of sp³-hybridized carbons (Fsp3) is 0.714. The standard InChI is InChI=1S/C42H68N2O18/c1-47-7-9-49-11-13-51-15-17-53-19-21-55-23-25-57-27-29-59-31-33-61-41(45)37-3-5-43-39(35-37)40-36-38(4-6-44-40)42(46)62-34-32-60-30-28-58-26-24-56-22-20-54-18-16-52-14-12-50-10-8-48-2/h3-6,35-36H,7-34H2,1-2H3. The van der Waals surface area contributed by atoms with E-state index in [2.05, 4.69) is 9.97 Å². The average Bonchev–Trinajstić information content (AvgIpc) is 3.30. The largest absolute Gasteiger partial charge is 0.460 e. The van der Waals surface area contributed by atoms with Gasteiger partial charge in [-0.3, -0.25) is 9.97 Å². The molecule has 0 aromatic carbocycles. The van der Waals surface area contributed by atoms with Gasteiger partial charge in [0.05, 0.1) is 194 Å². The zero-order chi connectivity index (χ0) is 44.2. The van der Waals surface area contributed by atoms with E-state index in [0.717, 1.165) is 0 Å². The molecule has 0 spiro atoms. The van der Waals surface area contributed by atoms with E-state index in [1.165, 1.54) is 24.5 Å². The predicted molar refractivity (Wildman–Crippen MR) is 222 cm³/mol. The summed E-state index contributed by atoms with van der Waals surface area (Å²) >= 11 is 0. The fourth-order valence-electron chi connectivity index (χ4n) is 4.64. The highest BCUT2D eigenvalue weighted by atomic mass is 16.6. The van der Waals surface area contributed by atoms with E-state index in [4.69, 9.17) is 75.8 Å². The van der Waals surface area contributed by atoms with Crippen LogP contribution >= 0.6 is 0 Å². The maximum Gasteiger partial charge on any atom is 0.338 e. The minimum Gasteiger partial charge on any atom is -0.460 e. The molecule has 0 fully saturated rings. The number of methoxy groups -OCH3 is 2. The summed E-state index contributed by atoms with van der Waals surface area (Å²) in [5.41, 5.74) is 1.33. The second kappa shape index (κ2) is 41.7. The summed E-state index contributed by atoms with van der Waals surface area (Å²) in [4.78, 5) is 33.9. The SMILES string of the molecule is COCCOCCOCCOCCOCCOCCOCCOC(=O)c1ccnc(-c2cc(C(=O)OCCOCCOCCOCCOCCOCCOCCOC)ccn2)c1. The van der Waals surface area contributed by atoms with Gasteiger partial charge in [-0.25, -0.2) is 9.59 Å². The minimum absolute atomic E-state index is 0.0560. The molecule has 0 unspecified atom stereocenters. The normalized spacial score (nSPS) is 11.3. The Morgan fingerprint density at radius 1 is 0.339 bits per heavy atom. The number of pyridine rings is 2. The Kier molecular flexibility index (Phi) is 36.8. The van der Waals surface area contributed by atoms with Gasteiger partial charge >= 0.3 is 11.9 Å². The summed E-state index contributed by atoms with van der Waals surface area (Å²) in [6.45, 7) is 11.8. The molecule has 2 rings (SSSR count). The number of carbonyl (C=O) groups excluding carboxylic acids is 2. The molecule has 0 radical (unpaired) electrons. The van der Waals surface area contributed by atoms with E-state index >= 15 is 0 Å². The number of ether oxygens (including phenoxy) is 16. The Morgan fingerprint density at radius 3 is 0.774 bits per heavy atom. The number of carbonyl (C=O) groups is 2. The molecule has 20 nitrogen and oxygen atoms in total. The van der Waals surface area contributed by atoms with Crippen LogP contribution in [0.25, 0.3) is 11.4 Å². The fourth-order valence-corrected chi connectivity index (χ4v) is 4.64. The van der Waals surface area contributed by atoms with Crippen LogP contribution < -0.4 is 0 Å². The van der Waals surface area contributed by atoms with Crippen LogP contribution in [0.4, 0.5) is 0 Å². The van der Waals surface area contributed by atoms with Crippen molar-refractivity contribution in [1.82, 2.24) is 9.97 Å². The van der Waals surface area contributed by atoms with Crippen molar-refractivity contribution in [1.29, 1.82) is 0 Å². The van der Waals surface area contributed by atoms with Crippen molar-refractivity contribution >= 4 is 11.9 Å². The molecule has 0 atom stereocenters. The topological polar surface area (TPSA) is 208 Å². The summed E-state index contributed by atoms with van der Waals surface area (Å²) in [6.07, 6.45) is 2.94. The number of nitrogens with zero attached hydrogens (tertiary/aromatic N) is 2. The number of aromatic nitrogens is 2. The number of esters is 2. The maximum absolute atomic E-state index is 12.7. The molecular weight excluding hydrogens is 820 g/mol. The Morgan fingerprint density at radius 2 is 0.548 bits per heavy atom. The van der Waals surface area contributed by atoms with Gasteiger partial charge in [0.1, 0.15) is 13.2 Å². The first-order valence-electron chi connectivity index (χ1n) is 20.8. The van der Waals surface area contributed by atoms with Gasteiger partial charge in [0.2, 0.25) is 0 Å². The molecular formula is C42H68N2O18. The van der Waals surface area contributed by atoms with E-state index in [1.54, 1.807) is 26.4 Å². The van der Waals surface area contributed by atoms with Crippen LogP contribution in [0, 0.1) is 0 Å². The van der Waals surface area contributed by atoms with Crippen molar-refractivity contribution in [2.45, 2.75) is 0 Å². The first kappa shape index (κ1) is 54.8. The molecule has 62 heavy (non-hydrogen) atoms. The number of hydrogen-bond acceptors (Lipinski definition) is 20. The predicted octanol–water partition coefficient (Wildman–Crippen LogP) is 1.95. The molecule has 0 aliphatic carbocycles. The molecule has 2 aromatic heterocycles. The highest BCUT2D eigenvalue weighted by molar-refractivity contribution is 5.92. The van der Waals surface area contributed by atoms with E-state index < -0.39 is 11.9 Å². The third kappa shape index (κ3) is 31.5. The Balaban J connectivity index is 1.43. The molecule has 0 amide bonds. The summed E-state index contributed by atoms with van der Waals surface area (Å²) in [7, 11) is 3.26. The van der Waals surface area contributed by atoms with Gasteiger partial charge in [0.15, 0.2) is 0 Å². The first-order chi connectivity index (χ1) is 30.7. The Bertz CT molecular complexity index is 1250. The van der Waals surface area contributed by atoms with Crippen LogP contribution in [0.2, 0.25) is 0 Å². The summed E-state index contributed by atoms with van der Waals surface area (Å²) in [5.74, 6) is -1.09. The molecule has 0 N–H and O–H groups in total. The lowest BCUT2D eigenvalue weighted by molar-refractivity contribution is -0.0211. The van der Waals surface area contributed by atoms with Crippen molar-refractivity contribution in [2.24, 2.45) is 0 Å². The molecule has 0 bridgehead atoms. The van der Waals surface area contributed by atoms with Gasteiger partial charge < -0.3 is 75.8 Å². The number of hydrogen-bond donors (Lipinski definition) is 0. The van der Waals surface area contributed by atoms with Gasteiger partial charge in [-0.05, 0) is 24.3 Å². The van der Waals surface area contributed by atoms with Crippen LogP contribution in [0.15, 0.2) is 36.7 Å². The smallest absolute Gasteiger partial charge is 0.338 e. The summed E-state index contributed by atoms with van der Waals surface area (Å²) in [6, 6.07) is 6.15. The van der Waals surface area contributed by atoms with Gasteiger partial charge in [-0.15, -0.1) is 0 Å². The van der Waals surface area contributed by atoms with Crippen molar-refractivity contribution in [2.75, 3.05) is 199 Å². The average molecular weight is 889 g/mol. The van der Waals surface area contributed by atoms with Crippen LogP contribution in [0.5, 0.6) is 0 Å². The van der Waals surface area contributed by atoms with Gasteiger partial charge in [0, 0.05) is 26.6 Å². The molecule has 0 aliphatic heterocycles. The zero-order valence-electron chi connectivity index (χ0n) is 36.5. The lowest BCUT2D eigenvalue weighted by atomic mass is 10.1. The highest BCUT2D eigenvalue weighted by Gasteiger charge is 2.13. The first-order valence-corrected chi connectivity index (χ1v) is 20.8. The Hall–Kier alpha value is -3.32. The molecule has 2 heterocycles. The van der Waals surface area contributed by atoms with Gasteiger partial charge in [0.25, 0.3) is 0 Å². The van der Waals surface area contributed by atoms with Crippen molar-refractivity contribution in [3.8, 4) is 11.4 Å². The highest BCUT2D eigenvalue weighted by Crippen LogP contribution is 2.18. The van der Waals surface area contributed by atoms with E-state index in [1.807, 2.05) is 0 Å². The molecule has 2 aromatic rings. The Labute approximate surface area is 365 Å². The zero-order valence-corrected chi connectivity index (χ0v) is 36.5. The van der Waals surface area contributed by atoms with Crippen molar-refractivity contribution in [3.05, 3.63) is 47.8 Å². The van der Waals surface area contributed by atoms with E-state index in [9.17, 15) is 9.59 Å². The minimum atomic E-state index is -0.546. The van der Waals surface area contributed by atoms with Crippen LogP contribution in [0.1, 0.15) is 20.7 Å². The lowest BCUT2D eigenvalue weighted by Gasteiger charge is -2.09. The molecule has 20 heteroatoms.